The number of nitrogens with one attached hydrogen (secondary N) is 1. The Hall–Kier alpha value is -3.55. The smallest absolute Gasteiger partial charge is 0.255 e. The molecule has 0 aliphatic carbocycles. The van der Waals surface area contributed by atoms with Gasteiger partial charge in [0.2, 0.25) is 0 Å². The summed E-state index contributed by atoms with van der Waals surface area (Å²) < 4.78 is 16.4. The maximum atomic E-state index is 13.7. The lowest BCUT2D eigenvalue weighted by Crippen LogP contribution is -2.29. The SMILES string of the molecule is CCCCCCCCCCCCc1cnn(C(C(=O)Nc2c(OC)cc(OC)cc2OC)c2ccccc2)n1. The fourth-order valence-corrected chi connectivity index (χ4v) is 4.69. The van der Waals surface area contributed by atoms with Gasteiger partial charge in [-0.25, -0.2) is 0 Å². The molecule has 1 unspecified atom stereocenters. The van der Waals surface area contributed by atoms with E-state index in [1.807, 2.05) is 30.3 Å². The first-order valence-electron chi connectivity index (χ1n) is 14.2. The van der Waals surface area contributed by atoms with Crippen molar-refractivity contribution in [3.05, 3.63) is 59.9 Å². The molecule has 3 aromatic rings. The number of aromatic nitrogens is 3. The molecule has 0 spiro atoms. The first kappa shape index (κ1) is 30.0. The van der Waals surface area contributed by atoms with Crippen LogP contribution in [0.2, 0.25) is 0 Å². The van der Waals surface area contributed by atoms with Gasteiger partial charge >= 0.3 is 0 Å². The molecular weight excluding hydrogens is 492 g/mol. The van der Waals surface area contributed by atoms with Gasteiger partial charge < -0.3 is 19.5 Å². The third kappa shape index (κ3) is 9.01. The average Bonchev–Trinajstić information content (AvgIpc) is 3.42. The van der Waals surface area contributed by atoms with Gasteiger partial charge in [0.25, 0.3) is 5.91 Å². The van der Waals surface area contributed by atoms with Gasteiger partial charge in [0.1, 0.15) is 22.9 Å². The van der Waals surface area contributed by atoms with Crippen LogP contribution in [0.1, 0.15) is 88.4 Å². The molecule has 1 heterocycles. The zero-order valence-corrected chi connectivity index (χ0v) is 23.9. The average molecular weight is 537 g/mol. The van der Waals surface area contributed by atoms with Gasteiger partial charge in [0, 0.05) is 12.1 Å². The van der Waals surface area contributed by atoms with E-state index < -0.39 is 6.04 Å². The fraction of sp³-hybridized carbons (Fsp3) is 0.516. The summed E-state index contributed by atoms with van der Waals surface area (Å²) in [4.78, 5) is 15.2. The molecule has 39 heavy (non-hydrogen) atoms. The second-order valence-corrected chi connectivity index (χ2v) is 9.80. The summed E-state index contributed by atoms with van der Waals surface area (Å²) in [5.41, 5.74) is 2.09. The summed E-state index contributed by atoms with van der Waals surface area (Å²) in [6.07, 6.45) is 15.5. The number of unbranched alkanes of at least 4 members (excludes halogenated alkanes) is 9. The minimum atomic E-state index is -0.760. The number of nitrogens with zero attached hydrogens (tertiary/aromatic N) is 3. The minimum Gasteiger partial charge on any atom is -0.496 e. The van der Waals surface area contributed by atoms with Crippen molar-refractivity contribution in [2.24, 2.45) is 0 Å². The number of amides is 1. The van der Waals surface area contributed by atoms with Crippen LogP contribution >= 0.6 is 0 Å². The largest absolute Gasteiger partial charge is 0.496 e. The number of ether oxygens (including phenoxy) is 3. The second kappa shape index (κ2) is 16.4. The lowest BCUT2D eigenvalue weighted by atomic mass is 10.1. The number of benzene rings is 2. The molecule has 1 N–H and O–H groups in total. The number of carbonyl (C=O) groups is 1. The van der Waals surface area contributed by atoms with Crippen molar-refractivity contribution in [3.8, 4) is 17.2 Å². The standard InChI is InChI=1S/C31H44N4O4/c1-5-6-7-8-9-10-11-12-13-17-20-25-23-32-35(34-25)30(24-18-15-14-16-19-24)31(36)33-29-27(38-3)21-26(37-2)22-28(29)39-4/h14-16,18-19,21-23,30H,5-13,17,20H2,1-4H3,(H,33,36). The molecule has 0 aliphatic heterocycles. The van der Waals surface area contributed by atoms with Gasteiger partial charge in [0.15, 0.2) is 6.04 Å². The third-order valence-corrected chi connectivity index (χ3v) is 6.90. The number of carbonyl (C=O) groups excluding carboxylic acids is 1. The fourth-order valence-electron chi connectivity index (χ4n) is 4.69. The molecule has 0 fully saturated rings. The van der Waals surface area contributed by atoms with E-state index in [4.69, 9.17) is 19.3 Å². The van der Waals surface area contributed by atoms with Crippen molar-refractivity contribution >= 4 is 11.6 Å². The Morgan fingerprint density at radius 1 is 0.846 bits per heavy atom. The van der Waals surface area contributed by atoms with Crippen LogP contribution in [-0.4, -0.2) is 42.2 Å². The number of anilines is 1. The molecule has 3 rings (SSSR count). The van der Waals surface area contributed by atoms with Crippen LogP contribution < -0.4 is 19.5 Å². The van der Waals surface area contributed by atoms with E-state index in [-0.39, 0.29) is 5.91 Å². The molecular formula is C31H44N4O4. The van der Waals surface area contributed by atoms with Crippen LogP contribution in [-0.2, 0) is 11.2 Å². The highest BCUT2D eigenvalue weighted by atomic mass is 16.5. The summed E-state index contributed by atoms with van der Waals surface area (Å²) in [5, 5.41) is 12.2. The van der Waals surface area contributed by atoms with Gasteiger partial charge in [-0.05, 0) is 18.4 Å². The maximum Gasteiger partial charge on any atom is 0.255 e. The molecule has 2 aromatic carbocycles. The second-order valence-electron chi connectivity index (χ2n) is 9.80. The van der Waals surface area contributed by atoms with Gasteiger partial charge in [0.05, 0.1) is 33.2 Å². The van der Waals surface area contributed by atoms with Crippen LogP contribution in [0.4, 0.5) is 5.69 Å². The number of methoxy groups -OCH3 is 3. The van der Waals surface area contributed by atoms with Crippen molar-refractivity contribution in [2.75, 3.05) is 26.6 Å². The Morgan fingerprint density at radius 2 is 1.44 bits per heavy atom. The molecule has 8 heteroatoms. The van der Waals surface area contributed by atoms with Gasteiger partial charge in [-0.1, -0.05) is 95.0 Å². The summed E-state index contributed by atoms with van der Waals surface area (Å²) in [6, 6.07) is 12.2. The van der Waals surface area contributed by atoms with E-state index in [0.717, 1.165) is 24.1 Å². The predicted octanol–water partition coefficient (Wildman–Crippen LogP) is 7.00. The van der Waals surface area contributed by atoms with Gasteiger partial charge in [-0.15, -0.1) is 0 Å². The van der Waals surface area contributed by atoms with Crippen molar-refractivity contribution < 1.29 is 19.0 Å². The molecule has 0 aliphatic rings. The van der Waals surface area contributed by atoms with Crippen LogP contribution in [0.15, 0.2) is 48.7 Å². The summed E-state index contributed by atoms with van der Waals surface area (Å²) >= 11 is 0. The van der Waals surface area contributed by atoms with E-state index >= 15 is 0 Å². The number of hydrogen-bond donors (Lipinski definition) is 1. The highest BCUT2D eigenvalue weighted by molar-refractivity contribution is 5.98. The topological polar surface area (TPSA) is 87.5 Å². The van der Waals surface area contributed by atoms with Crippen molar-refractivity contribution in [1.82, 2.24) is 15.0 Å². The third-order valence-electron chi connectivity index (χ3n) is 6.90. The first-order valence-corrected chi connectivity index (χ1v) is 14.2. The number of hydrogen-bond acceptors (Lipinski definition) is 6. The molecule has 0 radical (unpaired) electrons. The van der Waals surface area contributed by atoms with E-state index in [2.05, 4.69) is 17.3 Å². The zero-order valence-electron chi connectivity index (χ0n) is 23.9. The molecule has 1 amide bonds. The van der Waals surface area contributed by atoms with E-state index in [0.29, 0.717) is 22.9 Å². The van der Waals surface area contributed by atoms with Crippen LogP contribution in [0.5, 0.6) is 17.2 Å². The lowest BCUT2D eigenvalue weighted by molar-refractivity contribution is -0.118. The van der Waals surface area contributed by atoms with E-state index in [9.17, 15) is 4.79 Å². The highest BCUT2D eigenvalue weighted by Crippen LogP contribution is 2.39. The Kier molecular flexibility index (Phi) is 12.6. The molecule has 1 atom stereocenters. The predicted molar refractivity (Wildman–Crippen MR) is 155 cm³/mol. The molecule has 212 valence electrons. The Balaban J connectivity index is 1.65. The molecule has 0 saturated heterocycles. The molecule has 0 bridgehead atoms. The summed E-state index contributed by atoms with van der Waals surface area (Å²) in [6.45, 7) is 2.26. The van der Waals surface area contributed by atoms with Gasteiger partial charge in [-0.2, -0.15) is 15.0 Å². The van der Waals surface area contributed by atoms with Crippen molar-refractivity contribution in [1.29, 1.82) is 0 Å². The molecule has 0 saturated carbocycles. The zero-order chi connectivity index (χ0) is 27.9. The Bertz CT molecular complexity index is 1110. The van der Waals surface area contributed by atoms with Crippen LogP contribution in [0.3, 0.4) is 0 Å². The minimum absolute atomic E-state index is 0.302. The van der Waals surface area contributed by atoms with Crippen LogP contribution in [0, 0.1) is 0 Å². The Labute approximate surface area is 233 Å². The quantitative estimate of drug-likeness (QED) is 0.176. The van der Waals surface area contributed by atoms with Gasteiger partial charge in [-0.3, -0.25) is 4.79 Å². The first-order chi connectivity index (χ1) is 19.1. The summed E-state index contributed by atoms with van der Waals surface area (Å²) in [7, 11) is 4.63. The monoisotopic (exact) mass is 536 g/mol. The van der Waals surface area contributed by atoms with Crippen molar-refractivity contribution in [3.63, 3.8) is 0 Å². The highest BCUT2D eigenvalue weighted by Gasteiger charge is 2.27. The number of aryl methyl sites for hydroxylation is 1. The van der Waals surface area contributed by atoms with E-state index in [1.54, 1.807) is 25.4 Å². The molecule has 8 nitrogen and oxygen atoms in total. The Morgan fingerprint density at radius 3 is 2.00 bits per heavy atom. The normalized spacial score (nSPS) is 11.7. The van der Waals surface area contributed by atoms with E-state index in [1.165, 1.54) is 76.8 Å². The van der Waals surface area contributed by atoms with Crippen LogP contribution in [0.25, 0.3) is 0 Å². The molecule has 1 aromatic heterocycles. The number of rotatable bonds is 18. The summed E-state index contributed by atoms with van der Waals surface area (Å²) in [5.74, 6) is 1.12. The van der Waals surface area contributed by atoms with Crippen molar-refractivity contribution in [2.45, 2.75) is 83.6 Å². The maximum absolute atomic E-state index is 13.7. The lowest BCUT2D eigenvalue weighted by Gasteiger charge is -2.20.